The molecule has 0 spiro atoms. The maximum Gasteiger partial charge on any atom is 0.411 e. The van der Waals surface area contributed by atoms with E-state index in [1.807, 2.05) is 31.2 Å². The Balaban J connectivity index is 1.97. The molecule has 2 rings (SSSR count). The Labute approximate surface area is 111 Å². The second kappa shape index (κ2) is 5.92. The minimum atomic E-state index is -4.29. The largest absolute Gasteiger partial charge is 0.411 e. The van der Waals surface area contributed by atoms with E-state index in [9.17, 15) is 13.2 Å². The van der Waals surface area contributed by atoms with Gasteiger partial charge in [0.2, 0.25) is 0 Å². The van der Waals surface area contributed by atoms with Crippen LogP contribution >= 0.6 is 0 Å². The fraction of sp³-hybridized carbons (Fsp3) is 0.571. The minimum Gasteiger partial charge on any atom is -0.363 e. The van der Waals surface area contributed by atoms with E-state index < -0.39 is 18.9 Å². The van der Waals surface area contributed by atoms with Crippen LogP contribution in [0.1, 0.15) is 30.1 Å². The summed E-state index contributed by atoms with van der Waals surface area (Å²) >= 11 is 0. The molecular formula is C14H18F3NO. The standard InChI is InChI=1S/C14H18F3NO/c1-10-2-4-11(5-3-10)13(8-18-12-6-7-12)19-9-14(15,16)17/h2-5,12-13,18H,6-9H2,1H3. The number of aryl methyl sites for hydroxylation is 1. The van der Waals surface area contributed by atoms with Gasteiger partial charge in [0.15, 0.2) is 0 Å². The van der Waals surface area contributed by atoms with E-state index in [0.717, 1.165) is 24.0 Å². The summed E-state index contributed by atoms with van der Waals surface area (Å²) in [4.78, 5) is 0. The Hall–Kier alpha value is -1.07. The number of hydrogen-bond donors (Lipinski definition) is 1. The molecule has 1 aromatic rings. The van der Waals surface area contributed by atoms with Gasteiger partial charge in [0.05, 0.1) is 6.10 Å². The molecule has 0 bridgehead atoms. The Kier molecular flexibility index (Phi) is 4.47. The monoisotopic (exact) mass is 273 g/mol. The summed E-state index contributed by atoms with van der Waals surface area (Å²) in [6.07, 6.45) is -2.65. The normalized spacial score (nSPS) is 17.5. The lowest BCUT2D eigenvalue weighted by molar-refractivity contribution is -0.185. The van der Waals surface area contributed by atoms with Crippen LogP contribution in [0.3, 0.4) is 0 Å². The number of alkyl halides is 3. The van der Waals surface area contributed by atoms with Crippen molar-refractivity contribution in [2.45, 2.75) is 38.1 Å². The van der Waals surface area contributed by atoms with Gasteiger partial charge in [-0.05, 0) is 25.3 Å². The van der Waals surface area contributed by atoms with Crippen molar-refractivity contribution in [3.05, 3.63) is 35.4 Å². The number of halogens is 3. The molecule has 19 heavy (non-hydrogen) atoms. The summed E-state index contributed by atoms with van der Waals surface area (Å²) in [6, 6.07) is 7.87. The molecule has 5 heteroatoms. The maximum atomic E-state index is 12.3. The highest BCUT2D eigenvalue weighted by molar-refractivity contribution is 5.23. The molecule has 1 aliphatic carbocycles. The van der Waals surface area contributed by atoms with E-state index >= 15 is 0 Å². The first-order chi connectivity index (χ1) is 8.94. The van der Waals surface area contributed by atoms with E-state index in [4.69, 9.17) is 4.74 Å². The van der Waals surface area contributed by atoms with Gasteiger partial charge in [0.1, 0.15) is 6.61 Å². The summed E-state index contributed by atoms with van der Waals surface area (Å²) in [5.74, 6) is 0. The summed E-state index contributed by atoms with van der Waals surface area (Å²) in [7, 11) is 0. The first-order valence-electron chi connectivity index (χ1n) is 6.42. The van der Waals surface area contributed by atoms with Crippen molar-refractivity contribution >= 4 is 0 Å². The highest BCUT2D eigenvalue weighted by Crippen LogP contribution is 2.25. The van der Waals surface area contributed by atoms with E-state index in [1.165, 1.54) is 0 Å². The number of rotatable bonds is 6. The Bertz CT molecular complexity index is 398. The fourth-order valence-corrected chi connectivity index (χ4v) is 1.81. The highest BCUT2D eigenvalue weighted by atomic mass is 19.4. The first kappa shape index (κ1) is 14.3. The predicted octanol–water partition coefficient (Wildman–Crippen LogP) is 3.37. The fourth-order valence-electron chi connectivity index (χ4n) is 1.81. The SMILES string of the molecule is Cc1ccc(C(CNC2CC2)OCC(F)(F)F)cc1. The average molecular weight is 273 g/mol. The van der Waals surface area contributed by atoms with E-state index in [-0.39, 0.29) is 0 Å². The molecule has 0 aromatic heterocycles. The van der Waals surface area contributed by atoms with Gasteiger partial charge in [0.25, 0.3) is 0 Å². The second-order valence-electron chi connectivity index (χ2n) is 5.01. The number of nitrogens with one attached hydrogen (secondary N) is 1. The maximum absolute atomic E-state index is 12.3. The molecule has 0 aliphatic heterocycles. The lowest BCUT2D eigenvalue weighted by atomic mass is 10.1. The molecule has 1 saturated carbocycles. The van der Waals surface area contributed by atoms with Crippen molar-refractivity contribution < 1.29 is 17.9 Å². The second-order valence-corrected chi connectivity index (χ2v) is 5.01. The first-order valence-corrected chi connectivity index (χ1v) is 6.42. The van der Waals surface area contributed by atoms with E-state index in [0.29, 0.717) is 12.6 Å². The molecule has 0 saturated heterocycles. The van der Waals surface area contributed by atoms with Gasteiger partial charge in [0, 0.05) is 12.6 Å². The van der Waals surface area contributed by atoms with Gasteiger partial charge in [-0.15, -0.1) is 0 Å². The summed E-state index contributed by atoms with van der Waals surface area (Å²) < 4.78 is 41.8. The van der Waals surface area contributed by atoms with Gasteiger partial charge in [-0.2, -0.15) is 13.2 Å². The molecule has 106 valence electrons. The topological polar surface area (TPSA) is 21.3 Å². The van der Waals surface area contributed by atoms with Crippen LogP contribution in [0.2, 0.25) is 0 Å². The van der Waals surface area contributed by atoms with Crippen molar-refractivity contribution in [1.82, 2.24) is 5.32 Å². The van der Waals surface area contributed by atoms with Gasteiger partial charge in [-0.3, -0.25) is 0 Å². The third kappa shape index (κ3) is 5.20. The minimum absolute atomic E-state index is 0.420. The van der Waals surface area contributed by atoms with E-state index in [1.54, 1.807) is 0 Å². The quantitative estimate of drug-likeness (QED) is 0.858. The van der Waals surface area contributed by atoms with Crippen LogP contribution in [0.4, 0.5) is 13.2 Å². The zero-order valence-corrected chi connectivity index (χ0v) is 10.8. The molecule has 2 nitrogen and oxygen atoms in total. The molecule has 1 N–H and O–H groups in total. The van der Waals surface area contributed by atoms with Crippen LogP contribution in [0.15, 0.2) is 24.3 Å². The molecule has 0 amide bonds. The average Bonchev–Trinajstić information content (AvgIpc) is 3.13. The van der Waals surface area contributed by atoms with Crippen LogP contribution in [0.25, 0.3) is 0 Å². The van der Waals surface area contributed by atoms with Crippen LogP contribution < -0.4 is 5.32 Å². The van der Waals surface area contributed by atoms with Crippen molar-refractivity contribution in [1.29, 1.82) is 0 Å². The summed E-state index contributed by atoms with van der Waals surface area (Å²) in [5, 5.41) is 3.21. The molecule has 0 radical (unpaired) electrons. The predicted molar refractivity (Wildman–Crippen MR) is 67.0 cm³/mol. The molecule has 1 unspecified atom stereocenters. The number of ether oxygens (including phenoxy) is 1. The molecule has 1 aromatic carbocycles. The van der Waals surface area contributed by atoms with Gasteiger partial charge in [-0.1, -0.05) is 29.8 Å². The van der Waals surface area contributed by atoms with Gasteiger partial charge < -0.3 is 10.1 Å². The zero-order chi connectivity index (χ0) is 13.9. The molecule has 1 fully saturated rings. The third-order valence-corrected chi connectivity index (χ3v) is 3.07. The van der Waals surface area contributed by atoms with Gasteiger partial charge >= 0.3 is 6.18 Å². The number of hydrogen-bond acceptors (Lipinski definition) is 2. The summed E-state index contributed by atoms with van der Waals surface area (Å²) in [5.41, 5.74) is 1.86. The Morgan fingerprint density at radius 2 is 1.89 bits per heavy atom. The molecular weight excluding hydrogens is 255 g/mol. The van der Waals surface area contributed by atoms with Crippen molar-refractivity contribution in [2.75, 3.05) is 13.2 Å². The lowest BCUT2D eigenvalue weighted by Gasteiger charge is -2.20. The van der Waals surface area contributed by atoms with Crippen molar-refractivity contribution in [3.8, 4) is 0 Å². The van der Waals surface area contributed by atoms with Crippen LogP contribution in [0.5, 0.6) is 0 Å². The Morgan fingerprint density at radius 1 is 1.26 bits per heavy atom. The van der Waals surface area contributed by atoms with Crippen LogP contribution in [-0.4, -0.2) is 25.4 Å². The van der Waals surface area contributed by atoms with Crippen LogP contribution in [0, 0.1) is 6.92 Å². The van der Waals surface area contributed by atoms with Crippen molar-refractivity contribution in [3.63, 3.8) is 0 Å². The molecule has 0 heterocycles. The van der Waals surface area contributed by atoms with E-state index in [2.05, 4.69) is 5.32 Å². The summed E-state index contributed by atoms with van der Waals surface area (Å²) in [6.45, 7) is 1.15. The highest BCUT2D eigenvalue weighted by Gasteiger charge is 2.30. The number of benzene rings is 1. The molecule has 1 aliphatic rings. The molecule has 1 atom stereocenters. The van der Waals surface area contributed by atoms with Crippen LogP contribution in [-0.2, 0) is 4.74 Å². The third-order valence-electron chi connectivity index (χ3n) is 3.07. The Morgan fingerprint density at radius 3 is 2.42 bits per heavy atom. The lowest BCUT2D eigenvalue weighted by Crippen LogP contribution is -2.28. The smallest absolute Gasteiger partial charge is 0.363 e. The zero-order valence-electron chi connectivity index (χ0n) is 10.8. The van der Waals surface area contributed by atoms with Gasteiger partial charge in [-0.25, -0.2) is 0 Å². The van der Waals surface area contributed by atoms with Crippen molar-refractivity contribution in [2.24, 2.45) is 0 Å².